The van der Waals surface area contributed by atoms with Crippen LogP contribution in [0.5, 0.6) is 0 Å². The second kappa shape index (κ2) is 7.96. The number of hydroxylamine groups is 1. The van der Waals surface area contributed by atoms with Crippen molar-refractivity contribution in [3.05, 3.63) is 82.2 Å². The maximum Gasteiger partial charge on any atom is 0.274 e. The third kappa shape index (κ3) is 3.83. The third-order valence-electron chi connectivity index (χ3n) is 4.98. The molecule has 28 heavy (non-hydrogen) atoms. The monoisotopic (exact) mass is 392 g/mol. The average molecular weight is 392 g/mol. The van der Waals surface area contributed by atoms with Crippen LogP contribution >= 0.6 is 11.3 Å². The zero-order valence-corrected chi connectivity index (χ0v) is 16.0. The first kappa shape index (κ1) is 18.4. The molecule has 0 unspecified atom stereocenters. The molecule has 0 atom stereocenters. The molecule has 0 aliphatic carbocycles. The lowest BCUT2D eigenvalue weighted by molar-refractivity contribution is -0.131. The third-order valence-corrected chi connectivity index (χ3v) is 6.11. The normalized spacial score (nSPS) is 13.1. The fourth-order valence-corrected chi connectivity index (χ4v) is 4.47. The Labute approximate surface area is 167 Å². The Kier molecular flexibility index (Phi) is 5.23. The van der Waals surface area contributed by atoms with Crippen LogP contribution in [-0.2, 0) is 24.2 Å². The van der Waals surface area contributed by atoms with E-state index in [1.165, 1.54) is 10.4 Å². The first-order valence-corrected chi connectivity index (χ1v) is 9.94. The molecule has 2 heterocycles. The summed E-state index contributed by atoms with van der Waals surface area (Å²) in [7, 11) is 0. The molecule has 0 radical (unpaired) electrons. The van der Waals surface area contributed by atoms with Gasteiger partial charge >= 0.3 is 0 Å². The van der Waals surface area contributed by atoms with Crippen molar-refractivity contribution in [1.29, 1.82) is 0 Å². The van der Waals surface area contributed by atoms with E-state index in [-0.39, 0.29) is 5.91 Å². The fraction of sp³-hybridized carbons (Fsp3) is 0.182. The lowest BCUT2D eigenvalue weighted by Gasteiger charge is -2.29. The van der Waals surface area contributed by atoms with E-state index in [9.17, 15) is 9.59 Å². The molecular weight excluding hydrogens is 372 g/mol. The Morgan fingerprint density at radius 3 is 2.64 bits per heavy atom. The van der Waals surface area contributed by atoms with Crippen molar-refractivity contribution in [2.24, 2.45) is 0 Å². The van der Waals surface area contributed by atoms with Gasteiger partial charge in [-0.3, -0.25) is 14.8 Å². The fourth-order valence-electron chi connectivity index (χ4n) is 3.46. The maximum atomic E-state index is 12.8. The number of nitrogens with one attached hydrogen (secondary N) is 1. The van der Waals surface area contributed by atoms with Crippen molar-refractivity contribution in [2.75, 3.05) is 6.54 Å². The molecule has 2 N–H and O–H groups in total. The Hall–Kier alpha value is -2.96. The van der Waals surface area contributed by atoms with E-state index >= 15 is 0 Å². The van der Waals surface area contributed by atoms with Gasteiger partial charge in [-0.15, -0.1) is 11.3 Å². The summed E-state index contributed by atoms with van der Waals surface area (Å²) in [5, 5.41) is 8.77. The standard InChI is InChI=1S/C22H20N2O3S/c25-21(13-19-8-9-20(28-19)15-4-2-1-3-5-15)24-11-10-16-12-17(22(26)23-27)6-7-18(16)14-24/h1-9,12,27H,10-11,13-14H2,(H,23,26). The van der Waals surface area contributed by atoms with Gasteiger partial charge < -0.3 is 4.90 Å². The van der Waals surface area contributed by atoms with Gasteiger partial charge in [-0.1, -0.05) is 36.4 Å². The molecule has 0 fully saturated rings. The number of fused-ring (bicyclic) bond motifs is 1. The van der Waals surface area contributed by atoms with Crippen LogP contribution in [0.15, 0.2) is 60.7 Å². The van der Waals surface area contributed by atoms with Crippen LogP contribution in [0.3, 0.4) is 0 Å². The molecule has 4 rings (SSSR count). The zero-order valence-electron chi connectivity index (χ0n) is 15.2. The second-order valence-corrected chi connectivity index (χ2v) is 7.97. The lowest BCUT2D eigenvalue weighted by atomic mass is 9.97. The van der Waals surface area contributed by atoms with E-state index in [0.717, 1.165) is 16.0 Å². The number of nitrogens with zero attached hydrogens (tertiary/aromatic N) is 1. The molecule has 0 bridgehead atoms. The van der Waals surface area contributed by atoms with E-state index < -0.39 is 5.91 Å². The number of carbonyl (C=O) groups excluding carboxylic acids is 2. The zero-order chi connectivity index (χ0) is 19.5. The van der Waals surface area contributed by atoms with Gasteiger partial charge in [0.1, 0.15) is 0 Å². The van der Waals surface area contributed by atoms with Gasteiger partial charge in [-0.2, -0.15) is 0 Å². The highest BCUT2D eigenvalue weighted by molar-refractivity contribution is 7.15. The average Bonchev–Trinajstić information content (AvgIpc) is 3.21. The van der Waals surface area contributed by atoms with Crippen molar-refractivity contribution in [3.63, 3.8) is 0 Å². The topological polar surface area (TPSA) is 69.6 Å². The molecule has 3 aromatic rings. The van der Waals surface area contributed by atoms with Gasteiger partial charge in [-0.25, -0.2) is 5.48 Å². The minimum atomic E-state index is -0.520. The molecule has 0 saturated heterocycles. The van der Waals surface area contributed by atoms with Gasteiger partial charge in [0.25, 0.3) is 5.91 Å². The molecule has 142 valence electrons. The number of thiophene rings is 1. The highest BCUT2D eigenvalue weighted by Crippen LogP contribution is 2.29. The Morgan fingerprint density at radius 1 is 1.04 bits per heavy atom. The van der Waals surface area contributed by atoms with Crippen LogP contribution in [-0.4, -0.2) is 28.5 Å². The van der Waals surface area contributed by atoms with E-state index in [1.807, 2.05) is 35.2 Å². The first-order valence-electron chi connectivity index (χ1n) is 9.12. The van der Waals surface area contributed by atoms with E-state index in [2.05, 4.69) is 18.2 Å². The second-order valence-electron chi connectivity index (χ2n) is 6.80. The van der Waals surface area contributed by atoms with Gasteiger partial charge in [0.2, 0.25) is 5.91 Å². The summed E-state index contributed by atoms with van der Waals surface area (Å²) in [6.07, 6.45) is 1.10. The molecule has 1 aromatic heterocycles. The number of hydrogen-bond acceptors (Lipinski definition) is 4. The van der Waals surface area contributed by atoms with Gasteiger partial charge in [0.15, 0.2) is 0 Å². The number of hydrogen-bond donors (Lipinski definition) is 2. The summed E-state index contributed by atoms with van der Waals surface area (Å²) in [4.78, 5) is 28.4. The van der Waals surface area contributed by atoms with Gasteiger partial charge in [0, 0.05) is 28.4 Å². The van der Waals surface area contributed by atoms with Crippen molar-refractivity contribution < 1.29 is 14.8 Å². The Bertz CT molecular complexity index is 1010. The van der Waals surface area contributed by atoms with E-state index in [1.54, 1.807) is 28.9 Å². The minimum absolute atomic E-state index is 0.115. The maximum absolute atomic E-state index is 12.8. The van der Waals surface area contributed by atoms with E-state index in [0.29, 0.717) is 31.5 Å². The van der Waals surface area contributed by atoms with Crippen LogP contribution in [0, 0.1) is 0 Å². The number of amides is 2. The smallest absolute Gasteiger partial charge is 0.274 e. The summed E-state index contributed by atoms with van der Waals surface area (Å²) in [6, 6.07) is 19.6. The van der Waals surface area contributed by atoms with Gasteiger partial charge in [0.05, 0.1) is 6.42 Å². The quantitative estimate of drug-likeness (QED) is 0.526. The van der Waals surface area contributed by atoms with Crippen LogP contribution in [0.2, 0.25) is 0 Å². The van der Waals surface area contributed by atoms with Crippen LogP contribution in [0.25, 0.3) is 10.4 Å². The molecule has 1 aliphatic heterocycles. The van der Waals surface area contributed by atoms with Crippen LogP contribution in [0.1, 0.15) is 26.4 Å². The van der Waals surface area contributed by atoms with Crippen LogP contribution in [0.4, 0.5) is 0 Å². The molecule has 5 nitrogen and oxygen atoms in total. The molecule has 0 spiro atoms. The van der Waals surface area contributed by atoms with Crippen molar-refractivity contribution in [3.8, 4) is 10.4 Å². The van der Waals surface area contributed by atoms with E-state index in [4.69, 9.17) is 5.21 Å². The largest absolute Gasteiger partial charge is 0.338 e. The molecule has 1 aliphatic rings. The molecule has 2 aromatic carbocycles. The molecule has 0 saturated carbocycles. The number of carbonyl (C=O) groups is 2. The van der Waals surface area contributed by atoms with Crippen LogP contribution < -0.4 is 5.48 Å². The van der Waals surface area contributed by atoms with Crippen molar-refractivity contribution >= 4 is 23.2 Å². The SMILES string of the molecule is O=C(NO)c1ccc2c(c1)CCN(C(=O)Cc1ccc(-c3ccccc3)s1)C2. The highest BCUT2D eigenvalue weighted by atomic mass is 32.1. The molecule has 6 heteroatoms. The summed E-state index contributed by atoms with van der Waals surface area (Å²) < 4.78 is 0. The Balaban J connectivity index is 1.43. The minimum Gasteiger partial charge on any atom is -0.338 e. The highest BCUT2D eigenvalue weighted by Gasteiger charge is 2.22. The van der Waals surface area contributed by atoms with Crippen molar-refractivity contribution in [2.45, 2.75) is 19.4 Å². The van der Waals surface area contributed by atoms with Gasteiger partial charge in [-0.05, 0) is 47.4 Å². The number of rotatable bonds is 4. The first-order chi connectivity index (χ1) is 13.6. The summed E-state index contributed by atoms with van der Waals surface area (Å²) >= 11 is 1.66. The lowest BCUT2D eigenvalue weighted by Crippen LogP contribution is -2.37. The summed E-state index contributed by atoms with van der Waals surface area (Å²) in [6.45, 7) is 1.18. The van der Waals surface area contributed by atoms with Crippen molar-refractivity contribution in [1.82, 2.24) is 10.4 Å². The molecule has 2 amide bonds. The number of benzene rings is 2. The summed E-state index contributed by atoms with van der Waals surface area (Å²) in [5.74, 6) is -0.405. The summed E-state index contributed by atoms with van der Waals surface area (Å²) in [5.41, 5.74) is 5.34. The molecular formula is C22H20N2O3S. The predicted octanol–water partition coefficient (Wildman–Crippen LogP) is 3.66. The predicted molar refractivity (Wildman–Crippen MR) is 108 cm³/mol. The Morgan fingerprint density at radius 2 is 1.86 bits per heavy atom.